The van der Waals surface area contributed by atoms with Crippen LogP contribution < -0.4 is 5.32 Å². The van der Waals surface area contributed by atoms with Crippen LogP contribution in [0.5, 0.6) is 0 Å². The van der Waals surface area contributed by atoms with E-state index in [2.05, 4.69) is 5.32 Å². The topological polar surface area (TPSA) is 49.4 Å². The normalized spacial score (nSPS) is 15.4. The number of hydrogen-bond acceptors (Lipinski definition) is 4. The van der Waals surface area contributed by atoms with Gasteiger partial charge in [-0.25, -0.2) is 0 Å². The van der Waals surface area contributed by atoms with Crippen LogP contribution in [0.15, 0.2) is 59.5 Å². The molecule has 2 amide bonds. The molecule has 27 heavy (non-hydrogen) atoms. The molecule has 138 valence electrons. The summed E-state index contributed by atoms with van der Waals surface area (Å²) < 4.78 is 0.543. The van der Waals surface area contributed by atoms with Crippen molar-refractivity contribution in [1.82, 2.24) is 4.90 Å². The van der Waals surface area contributed by atoms with E-state index in [1.54, 1.807) is 4.90 Å². The number of nitrogens with one attached hydrogen (secondary N) is 1. The molecular weight excluding hydrogens is 376 g/mol. The lowest BCUT2D eigenvalue weighted by molar-refractivity contribution is -0.122. The van der Waals surface area contributed by atoms with Crippen LogP contribution in [0.4, 0.5) is 5.69 Å². The first kappa shape index (κ1) is 19.3. The second-order valence-electron chi connectivity index (χ2n) is 6.27. The maximum atomic E-state index is 12.6. The first-order valence-corrected chi connectivity index (χ1v) is 9.92. The van der Waals surface area contributed by atoms with Crippen molar-refractivity contribution in [3.8, 4) is 0 Å². The molecule has 0 aliphatic carbocycles. The number of benzene rings is 2. The van der Waals surface area contributed by atoms with Gasteiger partial charge in [-0.15, -0.1) is 0 Å². The van der Waals surface area contributed by atoms with E-state index in [9.17, 15) is 9.59 Å². The Labute approximate surface area is 168 Å². The first-order valence-electron chi connectivity index (χ1n) is 8.70. The molecule has 0 bridgehead atoms. The van der Waals surface area contributed by atoms with Crippen LogP contribution in [0, 0.1) is 6.92 Å². The van der Waals surface area contributed by atoms with Gasteiger partial charge >= 0.3 is 0 Å². The number of anilines is 1. The van der Waals surface area contributed by atoms with Crippen molar-refractivity contribution in [2.75, 3.05) is 11.9 Å². The number of rotatable bonds is 6. The lowest BCUT2D eigenvalue weighted by atomic mass is 10.2. The van der Waals surface area contributed by atoms with E-state index >= 15 is 0 Å². The van der Waals surface area contributed by atoms with Gasteiger partial charge in [-0.1, -0.05) is 66.4 Å². The Kier molecular flexibility index (Phi) is 6.42. The van der Waals surface area contributed by atoms with Gasteiger partial charge in [0.2, 0.25) is 5.91 Å². The number of aryl methyl sites for hydroxylation is 1. The summed E-state index contributed by atoms with van der Waals surface area (Å²) in [6, 6.07) is 17.4. The monoisotopic (exact) mass is 396 g/mol. The molecule has 6 heteroatoms. The van der Waals surface area contributed by atoms with Gasteiger partial charge in [0.1, 0.15) is 4.32 Å². The molecule has 0 spiro atoms. The van der Waals surface area contributed by atoms with Gasteiger partial charge in [0.15, 0.2) is 0 Å². The standard InChI is InChI=1S/C21H20N2O2S2/c1-15-7-5-10-17(13-15)22-19(24)11-6-12-23-20(25)18(27-21(23)26)14-16-8-3-2-4-9-16/h2-5,7-10,13-14H,6,11-12H2,1H3,(H,22,24)/b18-14-. The van der Waals surface area contributed by atoms with E-state index in [0.717, 1.165) is 16.8 Å². The predicted octanol–water partition coefficient (Wildman–Crippen LogP) is 4.62. The van der Waals surface area contributed by atoms with Crippen LogP contribution in [0.25, 0.3) is 6.08 Å². The van der Waals surface area contributed by atoms with Gasteiger partial charge < -0.3 is 5.32 Å². The van der Waals surface area contributed by atoms with E-state index in [1.165, 1.54) is 11.8 Å². The zero-order valence-electron chi connectivity index (χ0n) is 15.0. The van der Waals surface area contributed by atoms with E-state index in [0.29, 0.717) is 28.6 Å². The molecule has 1 fully saturated rings. The highest BCUT2D eigenvalue weighted by molar-refractivity contribution is 8.26. The number of nitrogens with zero attached hydrogens (tertiary/aromatic N) is 1. The number of carbonyl (C=O) groups excluding carboxylic acids is 2. The number of thiocarbonyl (C=S) groups is 1. The number of hydrogen-bond donors (Lipinski definition) is 1. The van der Waals surface area contributed by atoms with E-state index in [-0.39, 0.29) is 11.8 Å². The van der Waals surface area contributed by atoms with Gasteiger partial charge in [0.25, 0.3) is 5.91 Å². The number of thioether (sulfide) groups is 1. The third kappa shape index (κ3) is 5.28. The summed E-state index contributed by atoms with van der Waals surface area (Å²) in [5, 5.41) is 2.88. The Bertz CT molecular complexity index is 894. The first-order chi connectivity index (χ1) is 13.0. The summed E-state index contributed by atoms with van der Waals surface area (Å²) in [4.78, 5) is 26.9. The van der Waals surface area contributed by atoms with Crippen molar-refractivity contribution < 1.29 is 9.59 Å². The van der Waals surface area contributed by atoms with Crippen molar-refractivity contribution in [2.45, 2.75) is 19.8 Å². The molecule has 1 aliphatic rings. The minimum absolute atomic E-state index is 0.0640. The van der Waals surface area contributed by atoms with Gasteiger partial charge in [0, 0.05) is 18.7 Å². The Morgan fingerprint density at radius 2 is 1.96 bits per heavy atom. The fourth-order valence-electron chi connectivity index (χ4n) is 2.74. The van der Waals surface area contributed by atoms with Crippen LogP contribution in [0.2, 0.25) is 0 Å². The molecule has 1 N–H and O–H groups in total. The molecule has 1 saturated heterocycles. The average Bonchev–Trinajstić information content (AvgIpc) is 2.90. The molecule has 4 nitrogen and oxygen atoms in total. The van der Waals surface area contributed by atoms with Crippen molar-refractivity contribution in [3.63, 3.8) is 0 Å². The largest absolute Gasteiger partial charge is 0.326 e. The fourth-order valence-corrected chi connectivity index (χ4v) is 4.05. The van der Waals surface area contributed by atoms with Crippen molar-refractivity contribution in [3.05, 3.63) is 70.6 Å². The van der Waals surface area contributed by atoms with Crippen molar-refractivity contribution >= 4 is 51.9 Å². The molecule has 2 aromatic carbocycles. The van der Waals surface area contributed by atoms with Crippen LogP contribution in [0.3, 0.4) is 0 Å². The molecule has 1 aliphatic heterocycles. The Morgan fingerprint density at radius 3 is 2.70 bits per heavy atom. The molecule has 0 radical (unpaired) electrons. The summed E-state index contributed by atoms with van der Waals surface area (Å²) in [5.74, 6) is -0.154. The van der Waals surface area contributed by atoms with E-state index in [4.69, 9.17) is 12.2 Å². The van der Waals surface area contributed by atoms with Gasteiger partial charge in [0.05, 0.1) is 4.91 Å². The zero-order valence-corrected chi connectivity index (χ0v) is 16.6. The smallest absolute Gasteiger partial charge is 0.266 e. The second kappa shape index (κ2) is 8.97. The van der Waals surface area contributed by atoms with Crippen molar-refractivity contribution in [2.24, 2.45) is 0 Å². The molecule has 3 rings (SSSR count). The quantitative estimate of drug-likeness (QED) is 0.572. The summed E-state index contributed by atoms with van der Waals surface area (Å²) in [6.45, 7) is 2.42. The van der Waals surface area contributed by atoms with Gasteiger partial charge in [-0.3, -0.25) is 14.5 Å². The number of carbonyl (C=O) groups is 2. The lowest BCUT2D eigenvalue weighted by Crippen LogP contribution is -2.29. The highest BCUT2D eigenvalue weighted by atomic mass is 32.2. The minimum Gasteiger partial charge on any atom is -0.326 e. The predicted molar refractivity (Wildman–Crippen MR) is 115 cm³/mol. The van der Waals surface area contributed by atoms with E-state index < -0.39 is 0 Å². The third-order valence-electron chi connectivity index (χ3n) is 4.06. The SMILES string of the molecule is Cc1cccc(NC(=O)CCCN2C(=O)/C(=C/c3ccccc3)SC2=S)c1. The summed E-state index contributed by atoms with van der Waals surface area (Å²) in [7, 11) is 0. The Morgan fingerprint density at radius 1 is 1.19 bits per heavy atom. The highest BCUT2D eigenvalue weighted by Crippen LogP contribution is 2.32. The zero-order chi connectivity index (χ0) is 19.2. The van der Waals surface area contributed by atoms with Crippen LogP contribution in [-0.4, -0.2) is 27.6 Å². The second-order valence-corrected chi connectivity index (χ2v) is 7.94. The molecule has 0 atom stereocenters. The lowest BCUT2D eigenvalue weighted by Gasteiger charge is -2.14. The average molecular weight is 397 g/mol. The maximum Gasteiger partial charge on any atom is 0.266 e. The summed E-state index contributed by atoms with van der Waals surface area (Å²) in [6.07, 6.45) is 2.75. The summed E-state index contributed by atoms with van der Waals surface area (Å²) in [5.41, 5.74) is 2.85. The molecule has 0 aromatic heterocycles. The van der Waals surface area contributed by atoms with Crippen LogP contribution in [-0.2, 0) is 9.59 Å². The van der Waals surface area contributed by atoms with Gasteiger partial charge in [-0.2, -0.15) is 0 Å². The van der Waals surface area contributed by atoms with E-state index in [1.807, 2.05) is 67.6 Å². The Balaban J connectivity index is 1.52. The van der Waals surface area contributed by atoms with Gasteiger partial charge in [-0.05, 0) is 42.7 Å². The minimum atomic E-state index is -0.0899. The molecule has 0 unspecified atom stereocenters. The Hall–Kier alpha value is -2.44. The molecule has 1 heterocycles. The molecule has 0 saturated carbocycles. The van der Waals surface area contributed by atoms with Crippen LogP contribution in [0.1, 0.15) is 24.0 Å². The highest BCUT2D eigenvalue weighted by Gasteiger charge is 2.31. The fraction of sp³-hybridized carbons (Fsp3) is 0.190. The molecule has 2 aromatic rings. The maximum absolute atomic E-state index is 12.6. The third-order valence-corrected chi connectivity index (χ3v) is 5.44. The molecular formula is C21H20N2O2S2. The summed E-state index contributed by atoms with van der Waals surface area (Å²) >= 11 is 6.64. The number of amides is 2. The van der Waals surface area contributed by atoms with Crippen molar-refractivity contribution in [1.29, 1.82) is 0 Å². The van der Waals surface area contributed by atoms with Crippen LogP contribution >= 0.6 is 24.0 Å².